The smallest absolute Gasteiger partial charge is 0.267 e. The average molecular weight is 361 g/mol. The Kier molecular flexibility index (Phi) is 5.01. The lowest BCUT2D eigenvalue weighted by molar-refractivity contribution is -0.113. The van der Waals surface area contributed by atoms with Gasteiger partial charge in [-0.1, -0.05) is 23.9 Å². The molecule has 2 heterocycles. The second-order valence-electron chi connectivity index (χ2n) is 5.72. The van der Waals surface area contributed by atoms with Crippen LogP contribution in [0.15, 0.2) is 33.0 Å². The molecule has 1 aliphatic rings. The molecule has 0 fully saturated rings. The van der Waals surface area contributed by atoms with E-state index in [0.29, 0.717) is 5.16 Å². The maximum Gasteiger partial charge on any atom is 0.267 e. The van der Waals surface area contributed by atoms with Gasteiger partial charge >= 0.3 is 0 Å². The van der Waals surface area contributed by atoms with Gasteiger partial charge in [0.05, 0.1) is 16.3 Å². The second kappa shape index (κ2) is 7.03. The van der Waals surface area contributed by atoms with Crippen LogP contribution in [0.2, 0.25) is 0 Å². The summed E-state index contributed by atoms with van der Waals surface area (Å²) in [7, 11) is 1.71. The fourth-order valence-corrected chi connectivity index (χ4v) is 4.36. The number of carbonyl (C=O) groups is 1. The van der Waals surface area contributed by atoms with E-state index < -0.39 is 0 Å². The number of amides is 1. The maximum atomic E-state index is 12.3. The average Bonchev–Trinajstić information content (AvgIpc) is 3.02. The Morgan fingerprint density at radius 2 is 2.21 bits per heavy atom. The van der Waals surface area contributed by atoms with Crippen molar-refractivity contribution in [1.82, 2.24) is 9.55 Å². The highest BCUT2D eigenvalue weighted by molar-refractivity contribution is 8.00. The predicted octanol–water partition coefficient (Wildman–Crippen LogP) is 2.78. The minimum Gasteiger partial charge on any atom is -0.325 e. The van der Waals surface area contributed by atoms with E-state index in [1.54, 1.807) is 18.8 Å². The van der Waals surface area contributed by atoms with Crippen LogP contribution in [0.25, 0.3) is 0 Å². The lowest BCUT2D eigenvalue weighted by Crippen LogP contribution is -2.23. The lowest BCUT2D eigenvalue weighted by atomic mass is 10.1. The van der Waals surface area contributed by atoms with Crippen LogP contribution in [0.5, 0.6) is 0 Å². The molecule has 1 amide bonds. The Bertz CT molecular complexity index is 862. The van der Waals surface area contributed by atoms with E-state index in [1.807, 2.05) is 32.0 Å². The number of carbonyl (C=O) groups excluding carboxylic acids is 1. The van der Waals surface area contributed by atoms with E-state index in [4.69, 9.17) is 0 Å². The molecule has 2 aromatic rings. The van der Waals surface area contributed by atoms with Gasteiger partial charge in [0.2, 0.25) is 5.91 Å². The largest absolute Gasteiger partial charge is 0.325 e. The van der Waals surface area contributed by atoms with Gasteiger partial charge in [0.15, 0.2) is 5.16 Å². The topological polar surface area (TPSA) is 64.0 Å². The number of anilines is 1. The summed E-state index contributed by atoms with van der Waals surface area (Å²) >= 11 is 2.86. The van der Waals surface area contributed by atoms with Crippen LogP contribution < -0.4 is 10.9 Å². The molecule has 0 atom stereocenters. The molecule has 1 aromatic heterocycles. The molecule has 1 aromatic carbocycles. The molecule has 1 N–H and O–H groups in total. The van der Waals surface area contributed by atoms with Crippen molar-refractivity contribution in [2.45, 2.75) is 30.3 Å². The number of benzene rings is 1. The Morgan fingerprint density at radius 3 is 3.00 bits per heavy atom. The number of fused-ring (bicyclic) bond motifs is 1. The predicted molar refractivity (Wildman–Crippen MR) is 99.2 cm³/mol. The molecule has 0 bridgehead atoms. The van der Waals surface area contributed by atoms with Gasteiger partial charge in [-0.25, -0.2) is 4.98 Å². The van der Waals surface area contributed by atoms with Gasteiger partial charge in [-0.3, -0.25) is 14.2 Å². The highest BCUT2D eigenvalue weighted by Crippen LogP contribution is 2.28. The van der Waals surface area contributed by atoms with Crippen molar-refractivity contribution in [1.29, 1.82) is 0 Å². The third-order valence-electron chi connectivity index (χ3n) is 4.07. The maximum absolute atomic E-state index is 12.3. The van der Waals surface area contributed by atoms with Crippen LogP contribution in [-0.4, -0.2) is 27.0 Å². The molecular weight excluding hydrogens is 342 g/mol. The van der Waals surface area contributed by atoms with Gasteiger partial charge in [0, 0.05) is 24.9 Å². The fraction of sp³-hybridized carbons (Fsp3) is 0.353. The Labute approximate surface area is 149 Å². The SMILES string of the molecule is Cc1cccc(NC(=O)CSc2nc3c(c(=O)n2C)SCC3)c1C. The molecule has 7 heteroatoms. The second-order valence-corrected chi connectivity index (χ2v) is 7.76. The minimum atomic E-state index is -0.0992. The van der Waals surface area contributed by atoms with Crippen LogP contribution in [0.4, 0.5) is 5.69 Å². The molecule has 3 rings (SSSR count). The van der Waals surface area contributed by atoms with Crippen molar-refractivity contribution in [2.75, 3.05) is 16.8 Å². The molecule has 126 valence electrons. The molecule has 0 radical (unpaired) electrons. The summed E-state index contributed by atoms with van der Waals surface area (Å²) in [4.78, 5) is 29.8. The third-order valence-corrected chi connectivity index (χ3v) is 6.21. The van der Waals surface area contributed by atoms with Crippen molar-refractivity contribution < 1.29 is 4.79 Å². The van der Waals surface area contributed by atoms with Gasteiger partial charge in [0.25, 0.3) is 5.56 Å². The molecule has 24 heavy (non-hydrogen) atoms. The van der Waals surface area contributed by atoms with E-state index in [-0.39, 0.29) is 17.2 Å². The first-order chi connectivity index (χ1) is 11.5. The zero-order valence-corrected chi connectivity index (χ0v) is 15.5. The number of nitrogens with one attached hydrogen (secondary N) is 1. The Balaban J connectivity index is 1.70. The molecule has 0 unspecified atom stereocenters. The zero-order chi connectivity index (χ0) is 17.3. The molecule has 5 nitrogen and oxygen atoms in total. The Morgan fingerprint density at radius 1 is 1.42 bits per heavy atom. The van der Waals surface area contributed by atoms with Crippen molar-refractivity contribution in [3.05, 3.63) is 45.4 Å². The van der Waals surface area contributed by atoms with Gasteiger partial charge in [-0.2, -0.15) is 0 Å². The first-order valence-electron chi connectivity index (χ1n) is 7.69. The van der Waals surface area contributed by atoms with Crippen LogP contribution in [0.3, 0.4) is 0 Å². The highest BCUT2D eigenvalue weighted by atomic mass is 32.2. The van der Waals surface area contributed by atoms with Crippen LogP contribution in [0.1, 0.15) is 16.8 Å². The quantitative estimate of drug-likeness (QED) is 0.670. The summed E-state index contributed by atoms with van der Waals surface area (Å²) in [6, 6.07) is 5.84. The van der Waals surface area contributed by atoms with Gasteiger partial charge in [-0.15, -0.1) is 11.8 Å². The van der Waals surface area contributed by atoms with E-state index in [9.17, 15) is 9.59 Å². The third kappa shape index (κ3) is 3.37. The number of hydrogen-bond acceptors (Lipinski definition) is 5. The van der Waals surface area contributed by atoms with Crippen LogP contribution in [0, 0.1) is 13.8 Å². The first kappa shape index (κ1) is 17.1. The monoisotopic (exact) mass is 361 g/mol. The summed E-state index contributed by atoms with van der Waals surface area (Å²) in [6.45, 7) is 4.00. The molecular formula is C17H19N3O2S2. The van der Waals surface area contributed by atoms with E-state index in [2.05, 4.69) is 10.3 Å². The summed E-state index contributed by atoms with van der Waals surface area (Å²) in [5.74, 6) is 1.02. The van der Waals surface area contributed by atoms with Crippen molar-refractivity contribution in [2.24, 2.45) is 7.05 Å². The van der Waals surface area contributed by atoms with Crippen molar-refractivity contribution in [3.63, 3.8) is 0 Å². The summed E-state index contributed by atoms with van der Waals surface area (Å²) < 4.78 is 1.53. The summed E-state index contributed by atoms with van der Waals surface area (Å²) in [6.07, 6.45) is 0.818. The van der Waals surface area contributed by atoms with Crippen LogP contribution in [-0.2, 0) is 18.3 Å². The van der Waals surface area contributed by atoms with Gasteiger partial charge in [0.1, 0.15) is 0 Å². The lowest BCUT2D eigenvalue weighted by Gasteiger charge is -2.11. The normalized spacial score (nSPS) is 13.0. The van der Waals surface area contributed by atoms with Gasteiger partial charge < -0.3 is 5.32 Å². The van der Waals surface area contributed by atoms with Crippen LogP contribution >= 0.6 is 23.5 Å². The van der Waals surface area contributed by atoms with E-state index >= 15 is 0 Å². The number of thioether (sulfide) groups is 2. The molecule has 0 saturated carbocycles. The molecule has 0 aliphatic carbocycles. The van der Waals surface area contributed by atoms with Gasteiger partial charge in [-0.05, 0) is 31.0 Å². The zero-order valence-electron chi connectivity index (χ0n) is 13.9. The number of hydrogen-bond donors (Lipinski definition) is 1. The molecule has 0 spiro atoms. The fourth-order valence-electron chi connectivity index (χ4n) is 2.50. The number of nitrogens with zero attached hydrogens (tertiary/aromatic N) is 2. The van der Waals surface area contributed by atoms with E-state index in [1.165, 1.54) is 16.3 Å². The first-order valence-corrected chi connectivity index (χ1v) is 9.66. The Hall–Kier alpha value is -1.73. The summed E-state index contributed by atoms with van der Waals surface area (Å²) in [5.41, 5.74) is 3.88. The standard InChI is InChI=1S/C17H19N3O2S2/c1-10-5-4-6-12(11(10)2)18-14(21)9-24-17-19-13-7-8-23-15(13)16(22)20(17)3/h4-6H,7-9H2,1-3H3,(H,18,21). The number of aryl methyl sites for hydroxylation is 2. The number of rotatable bonds is 4. The van der Waals surface area contributed by atoms with Crippen molar-refractivity contribution in [3.8, 4) is 0 Å². The summed E-state index contributed by atoms with van der Waals surface area (Å²) in [5, 5.41) is 3.52. The van der Waals surface area contributed by atoms with Crippen molar-refractivity contribution >= 4 is 35.1 Å². The van der Waals surface area contributed by atoms with E-state index in [0.717, 1.165) is 39.6 Å². The molecule has 0 saturated heterocycles. The molecule has 1 aliphatic heterocycles. The highest BCUT2D eigenvalue weighted by Gasteiger charge is 2.20. The number of aromatic nitrogens is 2. The minimum absolute atomic E-state index is 0.0139.